The van der Waals surface area contributed by atoms with Gasteiger partial charge in [0, 0.05) is 31.5 Å². The molecule has 0 aliphatic carbocycles. The Hall–Kier alpha value is -0.580. The Morgan fingerprint density at radius 3 is 1.95 bits per heavy atom. The zero-order chi connectivity index (χ0) is 15.9. The van der Waals surface area contributed by atoms with Gasteiger partial charge >= 0.3 is 11.8 Å². The first kappa shape index (κ1) is 18.5. The number of hydrogen-bond donors (Lipinski definition) is 0. The number of piperazine rings is 1. The van der Waals surface area contributed by atoms with Crippen LogP contribution in [-0.4, -0.2) is 53.1 Å². The minimum Gasteiger partial charge on any atom is -0.333 e. The van der Waals surface area contributed by atoms with Crippen LogP contribution in [0.15, 0.2) is 0 Å². The zero-order valence-electron chi connectivity index (χ0n) is 13.7. The summed E-state index contributed by atoms with van der Waals surface area (Å²) in [4.78, 5) is 27.9. The van der Waals surface area contributed by atoms with Crippen LogP contribution in [0.3, 0.4) is 0 Å². The Labute approximate surface area is 137 Å². The van der Waals surface area contributed by atoms with Gasteiger partial charge in [0.25, 0.3) is 0 Å². The van der Waals surface area contributed by atoms with Crippen molar-refractivity contribution in [2.75, 3.05) is 31.5 Å². The molecule has 1 fully saturated rings. The smallest absolute Gasteiger partial charge is 0.312 e. The third kappa shape index (κ3) is 4.70. The second-order valence-electron chi connectivity index (χ2n) is 6.15. The van der Waals surface area contributed by atoms with Gasteiger partial charge < -0.3 is 9.80 Å². The summed E-state index contributed by atoms with van der Waals surface area (Å²) in [5, 5.41) is 0.887. The average molecular weight is 361 g/mol. The highest BCUT2D eigenvalue weighted by atomic mass is 79.9. The van der Waals surface area contributed by atoms with Gasteiger partial charge in [-0.15, -0.1) is 0 Å². The van der Waals surface area contributed by atoms with E-state index < -0.39 is 0 Å². The van der Waals surface area contributed by atoms with E-state index in [9.17, 15) is 9.59 Å². The maximum Gasteiger partial charge on any atom is 0.312 e. The number of alkyl halides is 1. The highest BCUT2D eigenvalue weighted by Crippen LogP contribution is 2.33. The van der Waals surface area contributed by atoms with Crippen molar-refractivity contribution in [1.29, 1.82) is 0 Å². The van der Waals surface area contributed by atoms with E-state index in [1.807, 2.05) is 6.92 Å². The Bertz CT molecular complexity index is 354. The van der Waals surface area contributed by atoms with E-state index in [1.165, 1.54) is 0 Å². The van der Waals surface area contributed by atoms with Crippen molar-refractivity contribution in [3.05, 3.63) is 0 Å². The van der Waals surface area contributed by atoms with Crippen molar-refractivity contribution < 1.29 is 9.59 Å². The first-order chi connectivity index (χ1) is 10.0. The predicted molar refractivity (Wildman–Crippen MR) is 89.5 cm³/mol. The first-order valence-corrected chi connectivity index (χ1v) is 9.29. The van der Waals surface area contributed by atoms with Crippen molar-refractivity contribution >= 4 is 27.7 Å². The molecule has 0 bridgehead atoms. The van der Waals surface area contributed by atoms with E-state index in [1.54, 1.807) is 9.80 Å². The van der Waals surface area contributed by atoms with Crippen molar-refractivity contribution in [2.24, 2.45) is 5.41 Å². The van der Waals surface area contributed by atoms with Crippen LogP contribution >= 0.6 is 15.9 Å². The molecule has 0 radical (unpaired) electrons. The highest BCUT2D eigenvalue weighted by Gasteiger charge is 2.37. The number of amides is 2. The Morgan fingerprint density at radius 2 is 1.48 bits per heavy atom. The molecule has 122 valence electrons. The quantitative estimate of drug-likeness (QED) is 0.468. The summed E-state index contributed by atoms with van der Waals surface area (Å²) in [6.07, 6.45) is 5.27. The fourth-order valence-corrected chi connectivity index (χ4v) is 4.01. The van der Waals surface area contributed by atoms with Gasteiger partial charge in [-0.2, -0.15) is 0 Å². The van der Waals surface area contributed by atoms with Gasteiger partial charge in [-0.3, -0.25) is 9.59 Å². The maximum absolute atomic E-state index is 12.3. The molecular formula is C16H29BrN2O2. The number of rotatable bonds is 9. The van der Waals surface area contributed by atoms with E-state index >= 15 is 0 Å². The van der Waals surface area contributed by atoms with Crippen molar-refractivity contribution in [3.63, 3.8) is 0 Å². The van der Waals surface area contributed by atoms with E-state index in [0.717, 1.165) is 37.4 Å². The van der Waals surface area contributed by atoms with E-state index in [0.29, 0.717) is 26.2 Å². The number of hydrogen-bond acceptors (Lipinski definition) is 2. The Balaban J connectivity index is 2.76. The second-order valence-corrected chi connectivity index (χ2v) is 6.71. The Morgan fingerprint density at radius 1 is 0.952 bits per heavy atom. The van der Waals surface area contributed by atoms with Gasteiger partial charge in [0.2, 0.25) is 0 Å². The monoisotopic (exact) mass is 360 g/mol. The molecule has 0 N–H and O–H groups in total. The molecule has 0 aromatic heterocycles. The van der Waals surface area contributed by atoms with Gasteiger partial charge in [0.1, 0.15) is 0 Å². The lowest BCUT2D eigenvalue weighted by Crippen LogP contribution is -2.56. The summed E-state index contributed by atoms with van der Waals surface area (Å²) in [7, 11) is 0. The van der Waals surface area contributed by atoms with Crippen LogP contribution in [0.25, 0.3) is 0 Å². The van der Waals surface area contributed by atoms with Crippen molar-refractivity contribution in [3.8, 4) is 0 Å². The van der Waals surface area contributed by atoms with Gasteiger partial charge in [0.15, 0.2) is 0 Å². The number of halogens is 1. The number of carbonyl (C=O) groups is 2. The zero-order valence-corrected chi connectivity index (χ0v) is 15.2. The molecule has 0 spiro atoms. The lowest BCUT2D eigenvalue weighted by Gasteiger charge is -2.40. The summed E-state index contributed by atoms with van der Waals surface area (Å²) < 4.78 is 0. The van der Waals surface area contributed by atoms with Gasteiger partial charge in [-0.25, -0.2) is 0 Å². The van der Waals surface area contributed by atoms with Crippen LogP contribution in [-0.2, 0) is 9.59 Å². The largest absolute Gasteiger partial charge is 0.333 e. The molecule has 0 saturated carbocycles. The molecule has 0 unspecified atom stereocenters. The molecular weight excluding hydrogens is 332 g/mol. The fourth-order valence-electron chi connectivity index (χ4n) is 3.27. The lowest BCUT2D eigenvalue weighted by molar-refractivity contribution is -0.157. The Kier molecular flexibility index (Phi) is 7.71. The molecule has 1 aliphatic heterocycles. The standard InChI is InChI=1S/C16H29BrN2O2/c1-4-7-16(12-17,8-5-2)13-19-11-10-18(9-6-3)14(20)15(19)21/h4-13H2,1-3H3. The number of carbonyl (C=O) groups excluding carboxylic acids is 2. The number of nitrogens with zero attached hydrogens (tertiary/aromatic N) is 2. The van der Waals surface area contributed by atoms with Gasteiger partial charge in [-0.05, 0) is 24.7 Å². The van der Waals surface area contributed by atoms with E-state index in [4.69, 9.17) is 0 Å². The lowest BCUT2D eigenvalue weighted by atomic mass is 9.80. The molecule has 1 heterocycles. The van der Waals surface area contributed by atoms with E-state index in [-0.39, 0.29) is 17.2 Å². The van der Waals surface area contributed by atoms with Crippen molar-refractivity contribution in [2.45, 2.75) is 52.9 Å². The minimum atomic E-state index is -0.320. The maximum atomic E-state index is 12.3. The molecule has 2 amide bonds. The van der Waals surface area contributed by atoms with Crippen LogP contribution < -0.4 is 0 Å². The van der Waals surface area contributed by atoms with Crippen LogP contribution in [0.5, 0.6) is 0 Å². The fraction of sp³-hybridized carbons (Fsp3) is 0.875. The molecule has 1 aliphatic rings. The highest BCUT2D eigenvalue weighted by molar-refractivity contribution is 9.09. The normalized spacial score (nSPS) is 16.8. The molecule has 0 aromatic rings. The minimum absolute atomic E-state index is 0.104. The van der Waals surface area contributed by atoms with Crippen LogP contribution in [0.4, 0.5) is 0 Å². The van der Waals surface area contributed by atoms with Gasteiger partial charge in [0.05, 0.1) is 0 Å². The molecule has 21 heavy (non-hydrogen) atoms. The van der Waals surface area contributed by atoms with Crippen LogP contribution in [0, 0.1) is 5.41 Å². The molecule has 1 saturated heterocycles. The summed E-state index contributed by atoms with van der Waals surface area (Å²) >= 11 is 3.64. The summed E-state index contributed by atoms with van der Waals surface area (Å²) in [5.74, 6) is -0.633. The second kappa shape index (κ2) is 8.76. The van der Waals surface area contributed by atoms with Crippen molar-refractivity contribution in [1.82, 2.24) is 9.80 Å². The van der Waals surface area contributed by atoms with Crippen LogP contribution in [0.1, 0.15) is 52.9 Å². The third-order valence-corrected chi connectivity index (χ3v) is 5.45. The molecule has 5 heteroatoms. The van der Waals surface area contributed by atoms with E-state index in [2.05, 4.69) is 29.8 Å². The average Bonchev–Trinajstić information content (AvgIpc) is 2.47. The topological polar surface area (TPSA) is 40.6 Å². The summed E-state index contributed by atoms with van der Waals surface area (Å²) in [6.45, 7) is 9.12. The first-order valence-electron chi connectivity index (χ1n) is 8.17. The SMILES string of the molecule is CCCN1CCN(CC(CBr)(CCC)CCC)C(=O)C1=O. The predicted octanol–water partition coefficient (Wildman–Crippen LogP) is 3.05. The molecule has 4 nitrogen and oxygen atoms in total. The molecule has 0 aromatic carbocycles. The summed E-state index contributed by atoms with van der Waals surface area (Å²) in [6, 6.07) is 0. The summed E-state index contributed by atoms with van der Waals surface area (Å²) in [5.41, 5.74) is 0.104. The third-order valence-electron chi connectivity index (χ3n) is 4.26. The molecule has 0 atom stereocenters. The molecule has 1 rings (SSSR count). The van der Waals surface area contributed by atoms with Crippen LogP contribution in [0.2, 0.25) is 0 Å². The van der Waals surface area contributed by atoms with Gasteiger partial charge in [-0.1, -0.05) is 49.5 Å².